The van der Waals surface area contributed by atoms with Crippen molar-refractivity contribution in [2.75, 3.05) is 0 Å². The first-order valence-electron chi connectivity index (χ1n) is 16.0. The van der Waals surface area contributed by atoms with Crippen molar-refractivity contribution in [1.29, 1.82) is 5.26 Å². The molecule has 0 aliphatic rings. The maximum atomic E-state index is 10.0. The molecule has 0 aliphatic heterocycles. The minimum absolute atomic E-state index is 0.667. The van der Waals surface area contributed by atoms with Gasteiger partial charge in [-0.15, -0.1) is 0 Å². The Bertz CT molecular complexity index is 2910. The van der Waals surface area contributed by atoms with Gasteiger partial charge in [0.05, 0.1) is 28.4 Å². The van der Waals surface area contributed by atoms with E-state index in [0.29, 0.717) is 5.56 Å². The summed E-state index contributed by atoms with van der Waals surface area (Å²) in [6.45, 7) is 0. The van der Waals surface area contributed by atoms with E-state index in [2.05, 4.69) is 162 Å². The maximum absolute atomic E-state index is 10.0. The van der Waals surface area contributed by atoms with Crippen LogP contribution in [-0.4, -0.2) is 4.57 Å². The second kappa shape index (κ2) is 9.78. The molecule has 10 aromatic rings. The monoisotopic (exact) mass is 594 g/mol. The van der Waals surface area contributed by atoms with Crippen LogP contribution in [0.4, 0.5) is 0 Å². The van der Waals surface area contributed by atoms with E-state index in [-0.39, 0.29) is 0 Å². The Labute approximate surface area is 271 Å². The molecule has 216 valence electrons. The van der Waals surface area contributed by atoms with Crippen molar-refractivity contribution in [3.05, 3.63) is 163 Å². The Morgan fingerprint density at radius 2 is 0.957 bits per heavy atom. The van der Waals surface area contributed by atoms with Crippen molar-refractivity contribution in [2.45, 2.75) is 0 Å². The van der Waals surface area contributed by atoms with Gasteiger partial charge in [-0.1, -0.05) is 133 Å². The zero-order valence-corrected chi connectivity index (χ0v) is 25.4. The molecule has 10 rings (SSSR count). The van der Waals surface area contributed by atoms with Crippen LogP contribution in [0.1, 0.15) is 5.56 Å². The molecular formula is C45H26N2. The SMILES string of the molecule is N#Cc1cc2ccc3c(-c4ccc(-c5cccc6ccccc56)c5ccccc45)ccc4c3c2c(c1)n4-c1cccc2ccccc12. The smallest absolute Gasteiger partial charge is 0.0992 e. The van der Waals surface area contributed by atoms with Crippen LogP contribution in [0.25, 0.3) is 92.8 Å². The average Bonchev–Trinajstić information content (AvgIpc) is 3.47. The summed E-state index contributed by atoms with van der Waals surface area (Å²) in [4.78, 5) is 0. The Morgan fingerprint density at radius 3 is 1.70 bits per heavy atom. The second-order valence-corrected chi connectivity index (χ2v) is 12.4. The van der Waals surface area contributed by atoms with Crippen molar-refractivity contribution in [1.82, 2.24) is 4.57 Å². The van der Waals surface area contributed by atoms with Gasteiger partial charge in [0.25, 0.3) is 0 Å². The third kappa shape index (κ3) is 3.66. The molecule has 0 atom stereocenters. The zero-order chi connectivity index (χ0) is 31.1. The van der Waals surface area contributed by atoms with E-state index < -0.39 is 0 Å². The molecule has 0 saturated carbocycles. The summed E-state index contributed by atoms with van der Waals surface area (Å²) in [5.41, 5.74) is 8.91. The molecule has 0 fully saturated rings. The topological polar surface area (TPSA) is 28.7 Å². The normalized spacial score (nSPS) is 11.8. The summed E-state index contributed by atoms with van der Waals surface area (Å²) in [5, 5.41) is 22.1. The predicted molar refractivity (Wildman–Crippen MR) is 198 cm³/mol. The largest absolute Gasteiger partial charge is 0.309 e. The summed E-state index contributed by atoms with van der Waals surface area (Å²) in [5.74, 6) is 0. The van der Waals surface area contributed by atoms with E-state index in [4.69, 9.17) is 0 Å². The van der Waals surface area contributed by atoms with E-state index in [9.17, 15) is 5.26 Å². The Morgan fingerprint density at radius 1 is 0.383 bits per heavy atom. The highest BCUT2D eigenvalue weighted by Gasteiger charge is 2.22. The first-order valence-corrected chi connectivity index (χ1v) is 16.0. The van der Waals surface area contributed by atoms with Gasteiger partial charge in [-0.3, -0.25) is 0 Å². The number of rotatable bonds is 3. The van der Waals surface area contributed by atoms with Crippen LogP contribution in [0.2, 0.25) is 0 Å². The molecule has 9 aromatic carbocycles. The van der Waals surface area contributed by atoms with Gasteiger partial charge in [-0.05, 0) is 84.2 Å². The summed E-state index contributed by atoms with van der Waals surface area (Å²) < 4.78 is 2.36. The zero-order valence-electron chi connectivity index (χ0n) is 25.4. The van der Waals surface area contributed by atoms with Gasteiger partial charge in [0.1, 0.15) is 0 Å². The Kier molecular flexibility index (Phi) is 5.38. The molecule has 2 nitrogen and oxygen atoms in total. The third-order valence-electron chi connectivity index (χ3n) is 9.96. The molecular weight excluding hydrogens is 569 g/mol. The van der Waals surface area contributed by atoms with E-state index in [0.717, 1.165) is 22.1 Å². The number of hydrogen-bond donors (Lipinski definition) is 0. The lowest BCUT2D eigenvalue weighted by Crippen LogP contribution is -1.95. The number of fused-ring (bicyclic) bond motifs is 3. The highest BCUT2D eigenvalue weighted by atomic mass is 15.0. The minimum Gasteiger partial charge on any atom is -0.309 e. The van der Waals surface area contributed by atoms with Crippen molar-refractivity contribution in [2.24, 2.45) is 0 Å². The fraction of sp³-hybridized carbons (Fsp3) is 0. The van der Waals surface area contributed by atoms with Crippen LogP contribution in [-0.2, 0) is 0 Å². The molecule has 0 saturated heterocycles. The van der Waals surface area contributed by atoms with Crippen LogP contribution in [0.5, 0.6) is 0 Å². The maximum Gasteiger partial charge on any atom is 0.0992 e. The summed E-state index contributed by atoms with van der Waals surface area (Å²) in [6, 6.07) is 59.1. The molecule has 0 N–H and O–H groups in total. The molecule has 0 bridgehead atoms. The highest BCUT2D eigenvalue weighted by molar-refractivity contribution is 6.28. The van der Waals surface area contributed by atoms with Gasteiger partial charge >= 0.3 is 0 Å². The average molecular weight is 595 g/mol. The van der Waals surface area contributed by atoms with E-state index in [1.54, 1.807) is 0 Å². The third-order valence-corrected chi connectivity index (χ3v) is 9.96. The molecule has 2 heteroatoms. The van der Waals surface area contributed by atoms with Crippen LogP contribution < -0.4 is 0 Å². The molecule has 1 heterocycles. The van der Waals surface area contributed by atoms with Crippen LogP contribution in [0.15, 0.2) is 158 Å². The molecule has 1 aromatic heterocycles. The lowest BCUT2D eigenvalue weighted by Gasteiger charge is -2.16. The molecule has 0 unspecified atom stereocenters. The highest BCUT2D eigenvalue weighted by Crippen LogP contribution is 2.46. The lowest BCUT2D eigenvalue weighted by atomic mass is 9.88. The molecule has 0 radical (unpaired) electrons. The summed E-state index contributed by atoms with van der Waals surface area (Å²) in [7, 11) is 0. The fourth-order valence-electron chi connectivity index (χ4n) is 7.95. The van der Waals surface area contributed by atoms with Crippen molar-refractivity contribution < 1.29 is 0 Å². The standard InChI is InChI=1S/C45H26N2/c46-27-28-25-31-19-20-40-39(23-24-42-45(40)44(31)43(26-28)47(42)41-18-8-12-30-10-2-4-14-33(30)41)38-22-21-37(35-15-5-6-16-36(35)38)34-17-7-11-29-9-1-3-13-32(29)34/h1-26H. The van der Waals surface area contributed by atoms with Gasteiger partial charge in [0.15, 0.2) is 0 Å². The van der Waals surface area contributed by atoms with E-state index in [1.165, 1.54) is 70.7 Å². The van der Waals surface area contributed by atoms with Gasteiger partial charge in [0.2, 0.25) is 0 Å². The number of nitriles is 1. The Hall–Kier alpha value is -6.43. The number of nitrogens with zero attached hydrogens (tertiary/aromatic N) is 2. The van der Waals surface area contributed by atoms with Crippen LogP contribution in [0, 0.1) is 11.3 Å². The van der Waals surface area contributed by atoms with Crippen molar-refractivity contribution in [3.63, 3.8) is 0 Å². The van der Waals surface area contributed by atoms with Crippen molar-refractivity contribution in [3.8, 4) is 34.0 Å². The molecule has 0 aliphatic carbocycles. The predicted octanol–water partition coefficient (Wildman–Crippen LogP) is 12.0. The second-order valence-electron chi connectivity index (χ2n) is 12.4. The first-order chi connectivity index (χ1) is 23.3. The number of aromatic nitrogens is 1. The fourth-order valence-corrected chi connectivity index (χ4v) is 7.95. The van der Waals surface area contributed by atoms with Gasteiger partial charge in [-0.25, -0.2) is 0 Å². The summed E-state index contributed by atoms with van der Waals surface area (Å²) >= 11 is 0. The Balaban J connectivity index is 1.28. The van der Waals surface area contributed by atoms with Crippen LogP contribution in [0.3, 0.4) is 0 Å². The molecule has 0 spiro atoms. The van der Waals surface area contributed by atoms with Gasteiger partial charge < -0.3 is 4.57 Å². The molecule has 0 amide bonds. The quantitative estimate of drug-likeness (QED) is 0.187. The van der Waals surface area contributed by atoms with Crippen molar-refractivity contribution >= 4 is 64.9 Å². The minimum atomic E-state index is 0.667. The summed E-state index contributed by atoms with van der Waals surface area (Å²) in [6.07, 6.45) is 0. The van der Waals surface area contributed by atoms with Gasteiger partial charge in [0, 0.05) is 16.2 Å². The van der Waals surface area contributed by atoms with Gasteiger partial charge in [-0.2, -0.15) is 5.26 Å². The van der Waals surface area contributed by atoms with Crippen LogP contribution >= 0.6 is 0 Å². The molecule has 47 heavy (non-hydrogen) atoms. The number of hydrogen-bond acceptors (Lipinski definition) is 1. The first kappa shape index (κ1) is 25.9. The lowest BCUT2D eigenvalue weighted by molar-refractivity contribution is 1.20. The van der Waals surface area contributed by atoms with E-state index >= 15 is 0 Å². The number of benzene rings is 9. The van der Waals surface area contributed by atoms with E-state index in [1.807, 2.05) is 6.07 Å².